The number of aliphatic hydroxyl groups excluding tert-OH is 1. The van der Waals surface area contributed by atoms with Crippen molar-refractivity contribution in [2.24, 2.45) is 23.7 Å². The van der Waals surface area contributed by atoms with Gasteiger partial charge in [0.25, 0.3) is 5.91 Å². The highest BCUT2D eigenvalue weighted by atomic mass is 35.5. The van der Waals surface area contributed by atoms with Crippen molar-refractivity contribution in [3.8, 4) is 0 Å². The van der Waals surface area contributed by atoms with Crippen LogP contribution < -0.4 is 4.90 Å². The monoisotopic (exact) mass is 574 g/mol. The van der Waals surface area contributed by atoms with Crippen molar-refractivity contribution in [2.45, 2.75) is 62.1 Å². The van der Waals surface area contributed by atoms with Crippen molar-refractivity contribution >= 4 is 46.8 Å². The fourth-order valence-corrected chi connectivity index (χ4v) is 9.44. The maximum absolute atomic E-state index is 14.7. The third kappa shape index (κ3) is 5.04. The summed E-state index contributed by atoms with van der Waals surface area (Å²) >= 11 is 8.14. The summed E-state index contributed by atoms with van der Waals surface area (Å²) in [6, 6.07) is 5.67. The second kappa shape index (κ2) is 12.1. The Kier molecular flexibility index (Phi) is 9.19. The molecule has 39 heavy (non-hydrogen) atoms. The lowest BCUT2D eigenvalue weighted by Crippen LogP contribution is -2.59. The van der Waals surface area contributed by atoms with E-state index in [0.29, 0.717) is 30.0 Å². The number of para-hydroxylation sites is 1. The second-order valence-corrected chi connectivity index (χ2v) is 13.2. The van der Waals surface area contributed by atoms with Crippen LogP contribution in [0.4, 0.5) is 5.69 Å². The van der Waals surface area contributed by atoms with Crippen molar-refractivity contribution in [3.05, 3.63) is 54.6 Å². The summed E-state index contributed by atoms with van der Waals surface area (Å²) < 4.78 is 4.76. The number of rotatable bonds is 12. The van der Waals surface area contributed by atoms with E-state index >= 15 is 0 Å². The largest absolute Gasteiger partial charge is 0.465 e. The smallest absolute Gasteiger partial charge is 0.310 e. The van der Waals surface area contributed by atoms with E-state index < -0.39 is 34.6 Å². The molecule has 3 saturated heterocycles. The number of hydrogen-bond donors (Lipinski definition) is 1. The number of anilines is 1. The highest BCUT2D eigenvalue weighted by molar-refractivity contribution is 8.02. The topological polar surface area (TPSA) is 87.1 Å². The molecule has 7 atom stereocenters. The molecule has 7 nitrogen and oxygen atoms in total. The maximum Gasteiger partial charge on any atom is 0.310 e. The van der Waals surface area contributed by atoms with Gasteiger partial charge in [0.2, 0.25) is 5.91 Å². The molecule has 3 fully saturated rings. The number of amides is 2. The van der Waals surface area contributed by atoms with E-state index in [-0.39, 0.29) is 48.7 Å². The Morgan fingerprint density at radius 3 is 2.64 bits per heavy atom. The summed E-state index contributed by atoms with van der Waals surface area (Å²) in [6.07, 6.45) is 5.08. The number of carbonyl (C=O) groups excluding carboxylic acids is 3. The highest BCUT2D eigenvalue weighted by Crippen LogP contribution is 2.69. The van der Waals surface area contributed by atoms with Crippen LogP contribution in [0.15, 0.2) is 49.6 Å². The van der Waals surface area contributed by atoms with Crippen LogP contribution in [0.1, 0.15) is 40.0 Å². The summed E-state index contributed by atoms with van der Waals surface area (Å²) in [5.74, 6) is -2.10. The van der Waals surface area contributed by atoms with Crippen molar-refractivity contribution < 1.29 is 24.2 Å². The number of nitrogens with zero attached hydrogens (tertiary/aromatic N) is 2. The number of thioether (sulfide) groups is 1. The van der Waals surface area contributed by atoms with Gasteiger partial charge in [-0.25, -0.2) is 0 Å². The number of benzene rings is 1. The van der Waals surface area contributed by atoms with Gasteiger partial charge >= 0.3 is 5.97 Å². The normalized spacial score (nSPS) is 29.8. The minimum absolute atomic E-state index is 0.00663. The Balaban J connectivity index is 1.84. The maximum atomic E-state index is 14.7. The SMILES string of the molecule is C=CCCOC(=O)[C@@H]1[C@H]2C(=O)N([C@@H](CO)CC(C)C)C(C(=O)N(CC=C)c3ccccc3Cl)C23S[C@@H]1CC3C. The first-order valence-corrected chi connectivity index (χ1v) is 14.9. The summed E-state index contributed by atoms with van der Waals surface area (Å²) in [6.45, 7) is 13.8. The van der Waals surface area contributed by atoms with Crippen LogP contribution in [0.2, 0.25) is 5.02 Å². The molecule has 3 aliphatic rings. The lowest BCUT2D eigenvalue weighted by molar-refractivity contribution is -0.155. The van der Waals surface area contributed by atoms with E-state index in [4.69, 9.17) is 16.3 Å². The van der Waals surface area contributed by atoms with Crippen molar-refractivity contribution in [1.82, 2.24) is 4.90 Å². The number of hydrogen-bond acceptors (Lipinski definition) is 6. The summed E-state index contributed by atoms with van der Waals surface area (Å²) in [7, 11) is 0. The van der Waals surface area contributed by atoms with Crippen LogP contribution in [0.3, 0.4) is 0 Å². The molecule has 4 rings (SSSR count). The van der Waals surface area contributed by atoms with Crippen LogP contribution >= 0.6 is 23.4 Å². The third-order valence-electron chi connectivity index (χ3n) is 8.32. The number of aliphatic hydroxyl groups is 1. The van der Waals surface area contributed by atoms with E-state index in [0.717, 1.165) is 0 Å². The Morgan fingerprint density at radius 1 is 1.31 bits per heavy atom. The van der Waals surface area contributed by atoms with Crippen LogP contribution in [0.25, 0.3) is 0 Å². The molecule has 0 radical (unpaired) electrons. The van der Waals surface area contributed by atoms with Crippen LogP contribution in [-0.4, -0.2) is 69.6 Å². The molecule has 212 valence electrons. The Hall–Kier alpha value is -2.29. The molecule has 0 aliphatic carbocycles. The predicted octanol–water partition coefficient (Wildman–Crippen LogP) is 4.72. The molecular weight excluding hydrogens is 536 g/mol. The second-order valence-electron chi connectivity index (χ2n) is 11.2. The molecule has 2 bridgehead atoms. The van der Waals surface area contributed by atoms with E-state index in [2.05, 4.69) is 20.1 Å². The molecule has 3 heterocycles. The number of carbonyl (C=O) groups is 3. The average Bonchev–Trinajstić information content (AvgIpc) is 3.49. The van der Waals surface area contributed by atoms with E-state index in [1.54, 1.807) is 51.9 Å². The average molecular weight is 575 g/mol. The first kappa shape index (κ1) is 29.7. The first-order chi connectivity index (χ1) is 18.6. The first-order valence-electron chi connectivity index (χ1n) is 13.7. The Morgan fingerprint density at radius 2 is 2.03 bits per heavy atom. The molecular formula is C30H39ClN2O5S. The minimum atomic E-state index is -0.877. The fraction of sp³-hybridized carbons (Fsp3) is 0.567. The van der Waals surface area contributed by atoms with Gasteiger partial charge in [0.05, 0.1) is 46.5 Å². The zero-order chi connectivity index (χ0) is 28.5. The lowest BCUT2D eigenvalue weighted by Gasteiger charge is -2.42. The third-order valence-corrected chi connectivity index (χ3v) is 10.7. The van der Waals surface area contributed by atoms with E-state index in [1.807, 2.05) is 19.9 Å². The van der Waals surface area contributed by atoms with Crippen molar-refractivity contribution in [3.63, 3.8) is 0 Å². The molecule has 1 aromatic rings. The standard InChI is InChI=1S/C30H39ClN2O5S/c1-6-8-14-38-29(37)24-23-16-19(5)30(39-23)25(24)27(35)33(20(17-34)15-18(3)4)26(30)28(36)32(13-7-2)22-12-10-9-11-21(22)31/h6-7,9-12,18-20,23-26,34H,1-2,8,13-17H2,3-5H3/t19?,20-,23-,24+,25+,26?,30?/m1/s1. The van der Waals surface area contributed by atoms with Crippen molar-refractivity contribution in [1.29, 1.82) is 0 Å². The highest BCUT2D eigenvalue weighted by Gasteiger charge is 2.77. The summed E-state index contributed by atoms with van der Waals surface area (Å²) in [5, 5.41) is 10.8. The number of fused-ring (bicyclic) bond motifs is 1. The van der Waals surface area contributed by atoms with Crippen LogP contribution in [-0.2, 0) is 19.1 Å². The zero-order valence-corrected chi connectivity index (χ0v) is 24.5. The molecule has 3 unspecified atom stereocenters. The lowest BCUT2D eigenvalue weighted by atomic mass is 9.66. The van der Waals surface area contributed by atoms with Gasteiger partial charge in [0, 0.05) is 11.8 Å². The number of ether oxygens (including phenoxy) is 1. The van der Waals surface area contributed by atoms with Gasteiger partial charge in [-0.05, 0) is 43.2 Å². The molecule has 1 spiro atoms. The van der Waals surface area contributed by atoms with E-state index in [9.17, 15) is 19.5 Å². The molecule has 0 aromatic heterocycles. The fourth-order valence-electron chi connectivity index (χ4n) is 6.81. The van der Waals surface area contributed by atoms with Gasteiger partial charge in [0.15, 0.2) is 0 Å². The zero-order valence-electron chi connectivity index (χ0n) is 22.9. The van der Waals surface area contributed by atoms with Gasteiger partial charge in [-0.1, -0.05) is 56.7 Å². The predicted molar refractivity (Wildman–Crippen MR) is 156 cm³/mol. The molecule has 1 aromatic carbocycles. The van der Waals surface area contributed by atoms with Crippen molar-refractivity contribution in [2.75, 3.05) is 24.7 Å². The summed E-state index contributed by atoms with van der Waals surface area (Å²) in [5.41, 5.74) is 0.534. The number of esters is 1. The van der Waals surface area contributed by atoms with Gasteiger partial charge < -0.3 is 19.6 Å². The minimum Gasteiger partial charge on any atom is -0.465 e. The number of halogens is 1. The van der Waals surface area contributed by atoms with E-state index in [1.165, 1.54) is 0 Å². The van der Waals surface area contributed by atoms with Gasteiger partial charge in [0.1, 0.15) is 6.04 Å². The van der Waals surface area contributed by atoms with Gasteiger partial charge in [-0.3, -0.25) is 14.4 Å². The van der Waals surface area contributed by atoms with Gasteiger partial charge in [-0.15, -0.1) is 24.9 Å². The molecule has 9 heteroatoms. The van der Waals surface area contributed by atoms with Gasteiger partial charge in [-0.2, -0.15) is 0 Å². The summed E-state index contributed by atoms with van der Waals surface area (Å²) in [4.78, 5) is 45.7. The molecule has 0 saturated carbocycles. The Labute approximate surface area is 240 Å². The van der Waals surface area contributed by atoms with Crippen LogP contribution in [0, 0.1) is 23.7 Å². The molecule has 2 amide bonds. The quantitative estimate of drug-likeness (QED) is 0.221. The van der Waals surface area contributed by atoms with Crippen LogP contribution in [0.5, 0.6) is 0 Å². The Bertz CT molecular complexity index is 1130. The number of likely N-dealkylation sites (tertiary alicyclic amines) is 1. The molecule has 3 aliphatic heterocycles. The molecule has 1 N–H and O–H groups in total.